The number of hydrogen-bond acceptors (Lipinski definition) is 5. The first kappa shape index (κ1) is 17.8. The molecule has 0 atom stereocenters. The quantitative estimate of drug-likeness (QED) is 0.579. The van der Waals surface area contributed by atoms with Gasteiger partial charge in [-0.1, -0.05) is 12.1 Å². The largest absolute Gasteiger partial charge is 0.497 e. The zero-order valence-corrected chi connectivity index (χ0v) is 16.4. The van der Waals surface area contributed by atoms with Crippen LogP contribution in [0, 0.1) is 6.92 Å². The van der Waals surface area contributed by atoms with E-state index in [4.69, 9.17) is 14.1 Å². The van der Waals surface area contributed by atoms with Crippen LogP contribution in [0.1, 0.15) is 22.6 Å². The molecule has 1 aromatic carbocycles. The number of H-pyrrole nitrogens is 1. The molecule has 7 nitrogen and oxygen atoms in total. The van der Waals surface area contributed by atoms with E-state index in [9.17, 15) is 4.79 Å². The number of hydrogen-bond donors (Lipinski definition) is 1. The smallest absolute Gasteiger partial charge is 0.276 e. The molecule has 1 N–H and O–H groups in total. The van der Waals surface area contributed by atoms with E-state index in [-0.39, 0.29) is 5.56 Å². The first-order valence-electron chi connectivity index (χ1n) is 9.65. The first-order valence-corrected chi connectivity index (χ1v) is 9.65. The van der Waals surface area contributed by atoms with E-state index >= 15 is 0 Å². The molecule has 0 bridgehead atoms. The van der Waals surface area contributed by atoms with E-state index in [1.807, 2.05) is 37.3 Å². The van der Waals surface area contributed by atoms with Crippen molar-refractivity contribution in [3.63, 3.8) is 0 Å². The Morgan fingerprint density at radius 1 is 1.28 bits per heavy atom. The Balaban J connectivity index is 1.46. The minimum absolute atomic E-state index is 0.0153. The molecule has 0 radical (unpaired) electrons. The lowest BCUT2D eigenvalue weighted by molar-refractivity contribution is 0.240. The standard InChI is InChI=1S/C22H22N4O3/c1-14-17(7-9-29-14)19-11-21-23-20-13-25(8-6-18(20)22(27)26(21)24-19)12-15-4-3-5-16(10-15)28-2/h3-5,7,9-11,24H,6,8,12-13H2,1-2H3. The number of methoxy groups -OCH3 is 1. The summed E-state index contributed by atoms with van der Waals surface area (Å²) < 4.78 is 12.2. The van der Waals surface area contributed by atoms with Crippen molar-refractivity contribution in [2.45, 2.75) is 26.4 Å². The molecule has 0 spiro atoms. The molecule has 0 saturated carbocycles. The number of aryl methyl sites for hydroxylation is 1. The molecule has 148 valence electrons. The molecule has 0 unspecified atom stereocenters. The summed E-state index contributed by atoms with van der Waals surface area (Å²) in [6.07, 6.45) is 2.33. The summed E-state index contributed by atoms with van der Waals surface area (Å²) in [6, 6.07) is 11.9. The van der Waals surface area contributed by atoms with Crippen molar-refractivity contribution in [3.05, 3.63) is 75.6 Å². The van der Waals surface area contributed by atoms with Gasteiger partial charge in [-0.3, -0.25) is 14.8 Å². The maximum Gasteiger partial charge on any atom is 0.276 e. The Morgan fingerprint density at radius 3 is 2.97 bits per heavy atom. The number of rotatable bonds is 4. The van der Waals surface area contributed by atoms with Crippen molar-refractivity contribution in [2.75, 3.05) is 13.7 Å². The van der Waals surface area contributed by atoms with Crippen molar-refractivity contribution in [2.24, 2.45) is 0 Å². The molecule has 0 fully saturated rings. The monoisotopic (exact) mass is 390 g/mol. The van der Waals surface area contributed by atoms with Gasteiger partial charge in [0, 0.05) is 36.8 Å². The topological polar surface area (TPSA) is 75.8 Å². The Labute approximate surface area is 167 Å². The fourth-order valence-corrected chi connectivity index (χ4v) is 4.01. The molecule has 1 aliphatic heterocycles. The molecule has 4 aromatic rings. The van der Waals surface area contributed by atoms with Gasteiger partial charge >= 0.3 is 0 Å². The van der Waals surface area contributed by atoms with E-state index in [1.54, 1.807) is 17.9 Å². The molecular weight excluding hydrogens is 368 g/mol. The van der Waals surface area contributed by atoms with Crippen LogP contribution in [0.2, 0.25) is 0 Å². The summed E-state index contributed by atoms with van der Waals surface area (Å²) >= 11 is 0. The maximum absolute atomic E-state index is 13.0. The van der Waals surface area contributed by atoms with Crippen LogP contribution in [-0.4, -0.2) is 33.2 Å². The zero-order chi connectivity index (χ0) is 20.0. The Kier molecular flexibility index (Phi) is 4.24. The summed E-state index contributed by atoms with van der Waals surface area (Å²) in [7, 11) is 1.68. The van der Waals surface area contributed by atoms with Crippen molar-refractivity contribution < 1.29 is 9.15 Å². The summed E-state index contributed by atoms with van der Waals surface area (Å²) in [5.74, 6) is 1.66. The van der Waals surface area contributed by atoms with E-state index in [0.29, 0.717) is 18.6 Å². The molecule has 1 aliphatic rings. The lowest BCUT2D eigenvalue weighted by Crippen LogP contribution is -2.35. The first-order chi connectivity index (χ1) is 14.1. The minimum atomic E-state index is -0.0153. The molecule has 3 aromatic heterocycles. The second-order valence-corrected chi connectivity index (χ2v) is 7.41. The van der Waals surface area contributed by atoms with Gasteiger partial charge in [0.25, 0.3) is 5.56 Å². The van der Waals surface area contributed by atoms with Crippen LogP contribution in [0.5, 0.6) is 5.75 Å². The van der Waals surface area contributed by atoms with Crippen LogP contribution in [0.4, 0.5) is 0 Å². The van der Waals surface area contributed by atoms with Gasteiger partial charge in [-0.05, 0) is 37.1 Å². The van der Waals surface area contributed by atoms with Crippen LogP contribution < -0.4 is 10.3 Å². The predicted molar refractivity (Wildman–Crippen MR) is 109 cm³/mol. The van der Waals surface area contributed by atoms with Crippen LogP contribution in [0.15, 0.2) is 51.9 Å². The molecule has 0 amide bonds. The Bertz CT molecular complexity index is 1250. The van der Waals surface area contributed by atoms with E-state index in [0.717, 1.165) is 47.1 Å². The van der Waals surface area contributed by atoms with E-state index in [2.05, 4.69) is 16.1 Å². The highest BCUT2D eigenvalue weighted by Gasteiger charge is 2.23. The summed E-state index contributed by atoms with van der Waals surface area (Å²) in [5.41, 5.74) is 5.22. The van der Waals surface area contributed by atoms with Gasteiger partial charge in [-0.15, -0.1) is 0 Å². The van der Waals surface area contributed by atoms with Gasteiger partial charge in [0.05, 0.1) is 24.8 Å². The number of nitrogens with zero attached hydrogens (tertiary/aromatic N) is 3. The number of ether oxygens (including phenoxy) is 1. The normalized spacial score (nSPS) is 14.3. The van der Waals surface area contributed by atoms with Crippen LogP contribution >= 0.6 is 0 Å². The lowest BCUT2D eigenvalue weighted by atomic mass is 10.1. The number of fused-ring (bicyclic) bond motifs is 2. The molecule has 0 aliphatic carbocycles. The maximum atomic E-state index is 13.0. The molecule has 7 heteroatoms. The van der Waals surface area contributed by atoms with Gasteiger partial charge < -0.3 is 9.15 Å². The number of furan rings is 1. The number of nitrogens with one attached hydrogen (secondary N) is 1. The third-order valence-electron chi connectivity index (χ3n) is 5.53. The Morgan fingerprint density at radius 2 is 2.17 bits per heavy atom. The van der Waals surface area contributed by atoms with E-state index < -0.39 is 0 Å². The Hall–Kier alpha value is -3.32. The molecule has 5 rings (SSSR count). The summed E-state index contributed by atoms with van der Waals surface area (Å²) in [4.78, 5) is 20.1. The van der Waals surface area contributed by atoms with Crippen LogP contribution in [0.25, 0.3) is 16.9 Å². The number of benzene rings is 1. The lowest BCUT2D eigenvalue weighted by Gasteiger charge is -2.27. The SMILES string of the molecule is COc1cccc(CN2CCc3c(nc4cc(-c5ccoc5C)[nH]n4c3=O)C2)c1. The zero-order valence-electron chi connectivity index (χ0n) is 16.4. The van der Waals surface area contributed by atoms with E-state index in [1.165, 1.54) is 5.56 Å². The highest BCUT2D eigenvalue weighted by molar-refractivity contribution is 5.65. The van der Waals surface area contributed by atoms with Gasteiger partial charge in [0.2, 0.25) is 0 Å². The molecule has 29 heavy (non-hydrogen) atoms. The predicted octanol–water partition coefficient (Wildman–Crippen LogP) is 3.16. The fraction of sp³-hybridized carbons (Fsp3) is 0.273. The highest BCUT2D eigenvalue weighted by atomic mass is 16.5. The van der Waals surface area contributed by atoms with Gasteiger partial charge in [-0.2, -0.15) is 0 Å². The number of aromatic amines is 1. The second-order valence-electron chi connectivity index (χ2n) is 7.41. The highest BCUT2D eigenvalue weighted by Crippen LogP contribution is 2.25. The van der Waals surface area contributed by atoms with Crippen molar-refractivity contribution in [3.8, 4) is 17.0 Å². The van der Waals surface area contributed by atoms with Gasteiger partial charge in [0.15, 0.2) is 5.65 Å². The number of aromatic nitrogens is 3. The average molecular weight is 390 g/mol. The third-order valence-corrected chi connectivity index (χ3v) is 5.53. The summed E-state index contributed by atoms with van der Waals surface area (Å²) in [5, 5.41) is 3.18. The molecular formula is C22H22N4O3. The third kappa shape index (κ3) is 3.13. The minimum Gasteiger partial charge on any atom is -0.497 e. The van der Waals surface area contributed by atoms with Crippen molar-refractivity contribution in [1.29, 1.82) is 0 Å². The van der Waals surface area contributed by atoms with Gasteiger partial charge in [-0.25, -0.2) is 9.50 Å². The average Bonchev–Trinajstić information content (AvgIpc) is 3.34. The van der Waals surface area contributed by atoms with Crippen molar-refractivity contribution in [1.82, 2.24) is 19.5 Å². The molecule has 0 saturated heterocycles. The second kappa shape index (κ2) is 6.93. The fourth-order valence-electron chi connectivity index (χ4n) is 4.01. The van der Waals surface area contributed by atoms with Crippen LogP contribution in [0.3, 0.4) is 0 Å². The summed E-state index contributed by atoms with van der Waals surface area (Å²) in [6.45, 7) is 4.17. The van der Waals surface area contributed by atoms with Crippen LogP contribution in [-0.2, 0) is 19.5 Å². The van der Waals surface area contributed by atoms with Crippen molar-refractivity contribution >= 4 is 5.65 Å². The van der Waals surface area contributed by atoms with Gasteiger partial charge in [0.1, 0.15) is 11.5 Å². The molecule has 4 heterocycles.